The van der Waals surface area contributed by atoms with Gasteiger partial charge in [0.1, 0.15) is 0 Å². The number of hydrazine groups is 1. The summed E-state index contributed by atoms with van der Waals surface area (Å²) in [6.45, 7) is 4.46. The molecule has 0 unspecified atom stereocenters. The van der Waals surface area contributed by atoms with E-state index in [1.165, 1.54) is 0 Å². The molecule has 6 heteroatoms. The van der Waals surface area contributed by atoms with Crippen molar-refractivity contribution in [3.05, 3.63) is 33.8 Å². The predicted octanol–water partition coefficient (Wildman–Crippen LogP) is 1.27. The van der Waals surface area contributed by atoms with Gasteiger partial charge in [-0.3, -0.25) is 15.1 Å². The first kappa shape index (κ1) is 14.5. The van der Waals surface area contributed by atoms with Crippen LogP contribution in [0.3, 0.4) is 0 Å². The molecule has 1 saturated heterocycles. The normalized spacial score (nSPS) is 16.9. The Morgan fingerprint density at radius 1 is 1.42 bits per heavy atom. The number of hydrogen-bond acceptors (Lipinski definition) is 4. The molecule has 0 atom stereocenters. The molecule has 1 heterocycles. The molecule has 1 aromatic rings. The molecule has 19 heavy (non-hydrogen) atoms. The Balaban J connectivity index is 2.05. The third-order valence-electron chi connectivity index (χ3n) is 3.16. The Kier molecular flexibility index (Phi) is 5.33. The maximum absolute atomic E-state index is 11.4. The number of nitrogens with one attached hydrogen (secondary N) is 1. The molecule has 1 aliphatic heterocycles. The molecule has 0 aromatic heterocycles. The van der Waals surface area contributed by atoms with Crippen molar-refractivity contribution >= 4 is 21.8 Å². The molecule has 1 fully saturated rings. The molecule has 0 spiro atoms. The molecule has 3 N–H and O–H groups in total. The van der Waals surface area contributed by atoms with E-state index in [4.69, 9.17) is 10.6 Å². The van der Waals surface area contributed by atoms with Gasteiger partial charge in [-0.15, -0.1) is 0 Å². The van der Waals surface area contributed by atoms with Gasteiger partial charge in [0.15, 0.2) is 0 Å². The summed E-state index contributed by atoms with van der Waals surface area (Å²) in [6, 6.07) is 5.54. The van der Waals surface area contributed by atoms with E-state index in [0.717, 1.165) is 49.3 Å². The molecule has 1 aliphatic rings. The zero-order chi connectivity index (χ0) is 13.7. The van der Waals surface area contributed by atoms with E-state index in [1.807, 2.05) is 6.07 Å². The monoisotopic (exact) mass is 327 g/mol. The Hall–Kier alpha value is -0.950. The molecule has 0 bridgehead atoms. The van der Waals surface area contributed by atoms with Crippen LogP contribution in [0.4, 0.5) is 0 Å². The van der Waals surface area contributed by atoms with Crippen molar-refractivity contribution in [3.8, 4) is 0 Å². The fourth-order valence-corrected chi connectivity index (χ4v) is 2.60. The van der Waals surface area contributed by atoms with Crippen LogP contribution in [0, 0.1) is 0 Å². The molecule has 0 aliphatic carbocycles. The third kappa shape index (κ3) is 4.01. The van der Waals surface area contributed by atoms with Gasteiger partial charge in [0, 0.05) is 36.3 Å². The van der Waals surface area contributed by atoms with Crippen molar-refractivity contribution in [3.63, 3.8) is 0 Å². The summed E-state index contributed by atoms with van der Waals surface area (Å²) in [6.07, 6.45) is 1.06. The summed E-state index contributed by atoms with van der Waals surface area (Å²) in [5.41, 5.74) is 3.85. The number of nitrogens with two attached hydrogens (primary N) is 1. The summed E-state index contributed by atoms with van der Waals surface area (Å²) < 4.78 is 6.37. The molecule has 0 saturated carbocycles. The molecule has 0 radical (unpaired) electrons. The first-order chi connectivity index (χ1) is 9.20. The standard InChI is InChI=1S/C13H18BrN3O2/c14-12-8-10(13(18)16-15)2-3-11(12)9-17-4-1-6-19-7-5-17/h2-3,8H,1,4-7,9,15H2,(H,16,18). The van der Waals surface area contributed by atoms with Crippen molar-refractivity contribution < 1.29 is 9.53 Å². The minimum Gasteiger partial charge on any atom is -0.380 e. The van der Waals surface area contributed by atoms with Gasteiger partial charge >= 0.3 is 0 Å². The topological polar surface area (TPSA) is 67.6 Å². The van der Waals surface area contributed by atoms with Crippen LogP contribution in [0.15, 0.2) is 22.7 Å². The number of carbonyl (C=O) groups excluding carboxylic acids is 1. The van der Waals surface area contributed by atoms with Crippen LogP contribution in [0.25, 0.3) is 0 Å². The number of nitrogens with zero attached hydrogens (tertiary/aromatic N) is 1. The van der Waals surface area contributed by atoms with Crippen LogP contribution in [-0.4, -0.2) is 37.1 Å². The van der Waals surface area contributed by atoms with Gasteiger partial charge in [-0.2, -0.15) is 0 Å². The maximum atomic E-state index is 11.4. The molecule has 1 amide bonds. The van der Waals surface area contributed by atoms with Gasteiger partial charge in [-0.1, -0.05) is 22.0 Å². The van der Waals surface area contributed by atoms with Crippen molar-refractivity contribution in [2.45, 2.75) is 13.0 Å². The Morgan fingerprint density at radius 3 is 3.00 bits per heavy atom. The average molecular weight is 328 g/mol. The van der Waals surface area contributed by atoms with E-state index < -0.39 is 0 Å². The van der Waals surface area contributed by atoms with Crippen LogP contribution in [0.2, 0.25) is 0 Å². The summed E-state index contributed by atoms with van der Waals surface area (Å²) >= 11 is 3.51. The van der Waals surface area contributed by atoms with Crippen molar-refractivity contribution in [2.75, 3.05) is 26.3 Å². The number of rotatable bonds is 3. The highest BCUT2D eigenvalue weighted by atomic mass is 79.9. The second-order valence-corrected chi connectivity index (χ2v) is 5.38. The fraction of sp³-hybridized carbons (Fsp3) is 0.462. The zero-order valence-corrected chi connectivity index (χ0v) is 12.3. The molecular formula is C13H18BrN3O2. The lowest BCUT2D eigenvalue weighted by Gasteiger charge is -2.20. The number of amides is 1. The highest BCUT2D eigenvalue weighted by Crippen LogP contribution is 2.21. The third-order valence-corrected chi connectivity index (χ3v) is 3.89. The highest BCUT2D eigenvalue weighted by Gasteiger charge is 2.12. The van der Waals surface area contributed by atoms with Crippen molar-refractivity contribution in [1.29, 1.82) is 0 Å². The number of hydrogen-bond donors (Lipinski definition) is 2. The maximum Gasteiger partial charge on any atom is 0.265 e. The second kappa shape index (κ2) is 7.00. The fourth-order valence-electron chi connectivity index (χ4n) is 2.10. The van der Waals surface area contributed by atoms with Crippen LogP contribution in [-0.2, 0) is 11.3 Å². The minimum absolute atomic E-state index is 0.282. The summed E-state index contributed by atoms with van der Waals surface area (Å²) in [5, 5.41) is 0. The Morgan fingerprint density at radius 2 is 2.26 bits per heavy atom. The molecule has 5 nitrogen and oxygen atoms in total. The Labute approximate surface area is 121 Å². The van der Waals surface area contributed by atoms with E-state index in [2.05, 4.69) is 26.3 Å². The first-order valence-corrected chi connectivity index (χ1v) is 7.09. The predicted molar refractivity (Wildman–Crippen MR) is 76.5 cm³/mol. The summed E-state index contributed by atoms with van der Waals surface area (Å²) in [7, 11) is 0. The van der Waals surface area contributed by atoms with Gasteiger partial charge in [0.2, 0.25) is 0 Å². The molecule has 104 valence electrons. The summed E-state index contributed by atoms with van der Waals surface area (Å²) in [4.78, 5) is 13.8. The molecule has 2 rings (SSSR count). The van der Waals surface area contributed by atoms with Crippen LogP contribution >= 0.6 is 15.9 Å². The lowest BCUT2D eigenvalue weighted by molar-refractivity contribution is 0.0953. The number of benzene rings is 1. The summed E-state index contributed by atoms with van der Waals surface area (Å²) in [5.74, 6) is 4.84. The van der Waals surface area contributed by atoms with Crippen LogP contribution in [0.5, 0.6) is 0 Å². The second-order valence-electron chi connectivity index (χ2n) is 4.52. The molecular weight excluding hydrogens is 310 g/mol. The Bertz CT molecular complexity index is 446. The van der Waals surface area contributed by atoms with E-state index in [9.17, 15) is 4.79 Å². The van der Waals surface area contributed by atoms with Crippen LogP contribution in [0.1, 0.15) is 22.3 Å². The number of halogens is 1. The largest absolute Gasteiger partial charge is 0.380 e. The number of carbonyl (C=O) groups is 1. The lowest BCUT2D eigenvalue weighted by atomic mass is 10.1. The van der Waals surface area contributed by atoms with Crippen molar-refractivity contribution in [1.82, 2.24) is 10.3 Å². The average Bonchev–Trinajstić information content (AvgIpc) is 2.68. The van der Waals surface area contributed by atoms with Gasteiger partial charge in [0.05, 0.1) is 6.61 Å². The first-order valence-electron chi connectivity index (χ1n) is 6.30. The van der Waals surface area contributed by atoms with Crippen molar-refractivity contribution in [2.24, 2.45) is 5.84 Å². The van der Waals surface area contributed by atoms with Gasteiger partial charge in [0.25, 0.3) is 5.91 Å². The highest BCUT2D eigenvalue weighted by molar-refractivity contribution is 9.10. The van der Waals surface area contributed by atoms with Crippen LogP contribution < -0.4 is 11.3 Å². The SMILES string of the molecule is NNC(=O)c1ccc(CN2CCCOCC2)c(Br)c1. The molecule has 1 aromatic carbocycles. The lowest BCUT2D eigenvalue weighted by Crippen LogP contribution is -2.30. The van der Waals surface area contributed by atoms with Gasteiger partial charge in [-0.25, -0.2) is 5.84 Å². The van der Waals surface area contributed by atoms with Gasteiger partial charge in [-0.05, 0) is 24.1 Å². The quantitative estimate of drug-likeness (QED) is 0.498. The van der Waals surface area contributed by atoms with E-state index >= 15 is 0 Å². The van der Waals surface area contributed by atoms with Gasteiger partial charge < -0.3 is 4.74 Å². The van der Waals surface area contributed by atoms with E-state index in [1.54, 1.807) is 12.1 Å². The minimum atomic E-state index is -0.282. The number of nitrogen functional groups attached to an aromatic ring is 1. The van der Waals surface area contributed by atoms with E-state index in [0.29, 0.717) is 5.56 Å². The van der Waals surface area contributed by atoms with E-state index in [-0.39, 0.29) is 5.91 Å². The number of ether oxygens (including phenoxy) is 1. The zero-order valence-electron chi connectivity index (χ0n) is 10.7. The smallest absolute Gasteiger partial charge is 0.265 e.